The van der Waals surface area contributed by atoms with Crippen LogP contribution in [0.2, 0.25) is 0 Å². The normalized spacial score (nSPS) is 32.1. The molecule has 2 aliphatic carbocycles. The SMILES string of the molecule is CN1C=C2C[C@@H]3[C@H](C[C@@H](CNC(=O)CNc4ccccc4)CN3C)C3C=CC=C1C23. The second-order valence-electron chi connectivity index (χ2n) is 9.35. The average Bonchev–Trinajstić information content (AvgIpc) is 3.09. The number of amides is 1. The zero-order chi connectivity index (χ0) is 20.7. The summed E-state index contributed by atoms with van der Waals surface area (Å²) in [5.41, 5.74) is 4.04. The van der Waals surface area contributed by atoms with Crippen molar-refractivity contribution < 1.29 is 4.79 Å². The van der Waals surface area contributed by atoms with Crippen LogP contribution in [0.25, 0.3) is 0 Å². The summed E-state index contributed by atoms with van der Waals surface area (Å²) in [7, 11) is 4.45. The van der Waals surface area contributed by atoms with Gasteiger partial charge < -0.3 is 20.4 Å². The number of anilines is 1. The number of allylic oxidation sites excluding steroid dienone is 4. The molecular formula is C25H32N4O. The molecule has 2 N–H and O–H groups in total. The van der Waals surface area contributed by atoms with E-state index in [0.717, 1.165) is 18.8 Å². The van der Waals surface area contributed by atoms with E-state index in [2.05, 4.69) is 59.0 Å². The molecule has 1 aromatic rings. The number of fused-ring (bicyclic) bond motifs is 2. The second-order valence-corrected chi connectivity index (χ2v) is 9.35. The van der Waals surface area contributed by atoms with Crippen molar-refractivity contribution in [1.29, 1.82) is 0 Å². The molecule has 1 saturated carbocycles. The summed E-state index contributed by atoms with van der Waals surface area (Å²) in [5, 5.41) is 6.37. The van der Waals surface area contributed by atoms with E-state index < -0.39 is 0 Å². The standard InChI is InChI=1S/C25H32N4O/c1-28-15-17(13-27-24(30)14-26-19-7-4-3-5-8-19)11-21-20-9-6-10-22-25(20)18(12-23(21)28)16-29(22)2/h3-10,16-17,20-21,23,25-26H,11-15H2,1-2H3,(H,27,30)/t17-,20?,21+,23+,25?/m0/s1. The molecule has 1 saturated heterocycles. The average molecular weight is 405 g/mol. The highest BCUT2D eigenvalue weighted by Crippen LogP contribution is 2.52. The summed E-state index contributed by atoms with van der Waals surface area (Å²) >= 11 is 0. The van der Waals surface area contributed by atoms with Crippen LogP contribution < -0.4 is 10.6 Å². The molecule has 0 radical (unpaired) electrons. The van der Waals surface area contributed by atoms with Crippen molar-refractivity contribution in [2.24, 2.45) is 23.7 Å². The minimum absolute atomic E-state index is 0.0673. The molecule has 1 amide bonds. The Hall–Kier alpha value is -2.53. The third-order valence-corrected chi connectivity index (χ3v) is 7.44. The number of hydrogen-bond acceptors (Lipinski definition) is 4. The number of nitrogens with zero attached hydrogens (tertiary/aromatic N) is 2. The predicted octanol–water partition coefficient (Wildman–Crippen LogP) is 3.07. The molecule has 2 heterocycles. The van der Waals surface area contributed by atoms with Gasteiger partial charge in [0.2, 0.25) is 5.91 Å². The molecule has 5 atom stereocenters. The number of piperidine rings is 1. The number of benzene rings is 1. The van der Waals surface area contributed by atoms with Gasteiger partial charge in [0.05, 0.1) is 6.54 Å². The van der Waals surface area contributed by atoms with E-state index >= 15 is 0 Å². The van der Waals surface area contributed by atoms with Gasteiger partial charge in [-0.25, -0.2) is 0 Å². The molecule has 5 heteroatoms. The first-order chi connectivity index (χ1) is 14.6. The van der Waals surface area contributed by atoms with Crippen molar-refractivity contribution in [2.45, 2.75) is 18.9 Å². The van der Waals surface area contributed by atoms with Gasteiger partial charge in [-0.05, 0) is 61.4 Å². The summed E-state index contributed by atoms with van der Waals surface area (Å²) in [4.78, 5) is 17.2. The fraction of sp³-hybridized carbons (Fsp3) is 0.480. The lowest BCUT2D eigenvalue weighted by Crippen LogP contribution is -2.54. The maximum absolute atomic E-state index is 12.4. The number of para-hydroxylation sites is 1. The van der Waals surface area contributed by atoms with Gasteiger partial charge in [0.25, 0.3) is 0 Å². The van der Waals surface area contributed by atoms with Crippen LogP contribution in [0.1, 0.15) is 12.8 Å². The third kappa shape index (κ3) is 3.56. The summed E-state index contributed by atoms with van der Waals surface area (Å²) < 4.78 is 0. The fourth-order valence-corrected chi connectivity index (χ4v) is 6.10. The molecule has 5 nitrogen and oxygen atoms in total. The number of likely N-dealkylation sites (tertiary alicyclic amines) is 1. The van der Waals surface area contributed by atoms with Gasteiger partial charge in [0, 0.05) is 49.7 Å². The monoisotopic (exact) mass is 404 g/mol. The first-order valence-electron chi connectivity index (χ1n) is 11.2. The van der Waals surface area contributed by atoms with Gasteiger partial charge >= 0.3 is 0 Å². The first kappa shape index (κ1) is 19.4. The van der Waals surface area contributed by atoms with E-state index in [1.54, 1.807) is 5.57 Å². The highest BCUT2D eigenvalue weighted by Gasteiger charge is 2.49. The minimum Gasteiger partial charge on any atom is -0.376 e. The van der Waals surface area contributed by atoms with E-state index in [-0.39, 0.29) is 5.91 Å². The summed E-state index contributed by atoms with van der Waals surface area (Å²) in [6.45, 7) is 2.14. The van der Waals surface area contributed by atoms with E-state index in [1.807, 2.05) is 30.3 Å². The van der Waals surface area contributed by atoms with Crippen LogP contribution in [-0.2, 0) is 4.79 Å². The van der Waals surface area contributed by atoms with Gasteiger partial charge in [-0.1, -0.05) is 30.4 Å². The molecule has 0 spiro atoms. The Balaban J connectivity index is 1.19. The van der Waals surface area contributed by atoms with Gasteiger partial charge in [0.15, 0.2) is 0 Å². The molecule has 5 rings (SSSR count). The number of carbonyl (C=O) groups excluding carboxylic acids is 1. The van der Waals surface area contributed by atoms with Crippen LogP contribution in [0.15, 0.2) is 66.0 Å². The third-order valence-electron chi connectivity index (χ3n) is 7.44. The molecule has 30 heavy (non-hydrogen) atoms. The van der Waals surface area contributed by atoms with Crippen molar-refractivity contribution in [3.8, 4) is 0 Å². The quantitative estimate of drug-likeness (QED) is 0.792. The van der Waals surface area contributed by atoms with Crippen LogP contribution in [0, 0.1) is 23.7 Å². The number of rotatable bonds is 5. The molecule has 2 aliphatic heterocycles. The Morgan fingerprint density at radius 1 is 1.20 bits per heavy atom. The Morgan fingerprint density at radius 3 is 2.87 bits per heavy atom. The lowest BCUT2D eigenvalue weighted by molar-refractivity contribution is -0.119. The Kier molecular flexibility index (Phi) is 5.15. The smallest absolute Gasteiger partial charge is 0.239 e. The van der Waals surface area contributed by atoms with Gasteiger partial charge in [0.1, 0.15) is 0 Å². The first-order valence-corrected chi connectivity index (χ1v) is 11.2. The molecule has 4 aliphatic rings. The van der Waals surface area contributed by atoms with E-state index in [0.29, 0.717) is 36.3 Å². The van der Waals surface area contributed by atoms with E-state index in [1.165, 1.54) is 18.5 Å². The highest BCUT2D eigenvalue weighted by atomic mass is 16.1. The number of carbonyl (C=O) groups is 1. The molecule has 0 aromatic heterocycles. The Bertz CT molecular complexity index is 890. The van der Waals surface area contributed by atoms with Gasteiger partial charge in [-0.15, -0.1) is 0 Å². The van der Waals surface area contributed by atoms with Crippen molar-refractivity contribution in [1.82, 2.24) is 15.1 Å². The lowest BCUT2D eigenvalue weighted by Gasteiger charge is -2.51. The van der Waals surface area contributed by atoms with E-state index in [4.69, 9.17) is 0 Å². The number of nitrogens with one attached hydrogen (secondary N) is 2. The molecule has 1 aromatic carbocycles. The molecule has 2 fully saturated rings. The molecule has 0 bridgehead atoms. The van der Waals surface area contributed by atoms with Crippen LogP contribution in [0.3, 0.4) is 0 Å². The van der Waals surface area contributed by atoms with Crippen molar-refractivity contribution in [3.63, 3.8) is 0 Å². The maximum Gasteiger partial charge on any atom is 0.239 e. The van der Waals surface area contributed by atoms with Crippen molar-refractivity contribution >= 4 is 11.6 Å². The highest BCUT2D eigenvalue weighted by molar-refractivity contribution is 5.80. The van der Waals surface area contributed by atoms with Crippen LogP contribution in [0.4, 0.5) is 5.69 Å². The predicted molar refractivity (Wildman–Crippen MR) is 121 cm³/mol. The molecule has 158 valence electrons. The van der Waals surface area contributed by atoms with Crippen molar-refractivity contribution in [3.05, 3.63) is 66.0 Å². The lowest BCUT2D eigenvalue weighted by atomic mass is 9.61. The van der Waals surface area contributed by atoms with Gasteiger partial charge in [-0.2, -0.15) is 0 Å². The second kappa shape index (κ2) is 7.95. The summed E-state index contributed by atoms with van der Waals surface area (Å²) in [6.07, 6.45) is 11.7. The molecule has 2 unspecified atom stereocenters. The topological polar surface area (TPSA) is 47.6 Å². The maximum atomic E-state index is 12.4. The van der Waals surface area contributed by atoms with E-state index in [9.17, 15) is 4.79 Å². The van der Waals surface area contributed by atoms with Crippen LogP contribution in [0.5, 0.6) is 0 Å². The van der Waals surface area contributed by atoms with Crippen LogP contribution in [-0.4, -0.2) is 55.5 Å². The van der Waals surface area contributed by atoms with Crippen LogP contribution >= 0.6 is 0 Å². The Labute approximate surface area is 179 Å². The summed E-state index contributed by atoms with van der Waals surface area (Å²) in [6, 6.07) is 10.5. The zero-order valence-electron chi connectivity index (χ0n) is 17.9. The minimum atomic E-state index is 0.0673. The fourth-order valence-electron chi connectivity index (χ4n) is 6.10. The summed E-state index contributed by atoms with van der Waals surface area (Å²) in [5.74, 6) is 2.38. The molecular weight excluding hydrogens is 372 g/mol. The Morgan fingerprint density at radius 2 is 2.03 bits per heavy atom. The van der Waals surface area contributed by atoms with Gasteiger partial charge in [-0.3, -0.25) is 4.79 Å². The van der Waals surface area contributed by atoms with Crippen molar-refractivity contribution in [2.75, 3.05) is 39.0 Å². The number of hydrogen-bond donors (Lipinski definition) is 2. The zero-order valence-corrected chi connectivity index (χ0v) is 17.9. The largest absolute Gasteiger partial charge is 0.376 e.